The number of halogens is 5. The maximum Gasteiger partial charge on any atom is 0.435 e. The molecule has 1 heterocycles. The lowest BCUT2D eigenvalue weighted by atomic mass is 10.2. The van der Waals surface area contributed by atoms with E-state index < -0.39 is 45.4 Å². The molecule has 0 saturated heterocycles. The van der Waals surface area contributed by atoms with E-state index in [1.807, 2.05) is 5.32 Å². The fourth-order valence-electron chi connectivity index (χ4n) is 1.71. The van der Waals surface area contributed by atoms with E-state index >= 15 is 0 Å². The Morgan fingerprint density at radius 1 is 1.24 bits per heavy atom. The van der Waals surface area contributed by atoms with Crippen LogP contribution < -0.4 is 5.32 Å². The van der Waals surface area contributed by atoms with Gasteiger partial charge in [0, 0.05) is 5.56 Å². The number of esters is 1. The monoisotopic (exact) mass is 380 g/mol. The zero-order valence-electron chi connectivity index (χ0n) is 12.4. The van der Waals surface area contributed by atoms with E-state index in [1.165, 1.54) is 6.92 Å². The topological polar surface area (TPSA) is 68.3 Å². The van der Waals surface area contributed by atoms with Crippen molar-refractivity contribution in [1.82, 2.24) is 4.98 Å². The molecule has 0 unspecified atom stereocenters. The molecule has 0 fully saturated rings. The largest absolute Gasteiger partial charge is 0.462 e. The summed E-state index contributed by atoms with van der Waals surface area (Å²) in [5.74, 6) is -4.73. The van der Waals surface area contributed by atoms with Crippen molar-refractivity contribution in [2.24, 2.45) is 0 Å². The first-order valence-corrected chi connectivity index (χ1v) is 7.46. The number of carbonyl (C=O) groups is 2. The molecule has 0 aliphatic rings. The van der Waals surface area contributed by atoms with Crippen molar-refractivity contribution in [2.75, 3.05) is 11.9 Å². The number of amides is 1. The molecule has 0 spiro atoms. The van der Waals surface area contributed by atoms with E-state index in [9.17, 15) is 31.5 Å². The minimum Gasteiger partial charge on any atom is -0.462 e. The van der Waals surface area contributed by atoms with Gasteiger partial charge in [0.15, 0.2) is 22.5 Å². The van der Waals surface area contributed by atoms with Gasteiger partial charge in [0.05, 0.1) is 6.61 Å². The Kier molecular flexibility index (Phi) is 5.36. The van der Waals surface area contributed by atoms with Crippen LogP contribution in [-0.4, -0.2) is 23.5 Å². The van der Waals surface area contributed by atoms with E-state index in [0.29, 0.717) is 12.1 Å². The Labute approximate surface area is 141 Å². The van der Waals surface area contributed by atoms with Gasteiger partial charge in [0.25, 0.3) is 5.91 Å². The highest BCUT2D eigenvalue weighted by Crippen LogP contribution is 2.36. The third kappa shape index (κ3) is 4.29. The van der Waals surface area contributed by atoms with Crippen LogP contribution in [0, 0.1) is 11.6 Å². The second kappa shape index (κ2) is 7.13. The van der Waals surface area contributed by atoms with Gasteiger partial charge in [-0.3, -0.25) is 10.1 Å². The second-order valence-electron chi connectivity index (χ2n) is 4.50. The smallest absolute Gasteiger partial charge is 0.435 e. The molecule has 0 radical (unpaired) electrons. The molecule has 0 atom stereocenters. The van der Waals surface area contributed by atoms with Crippen LogP contribution in [0.2, 0.25) is 0 Å². The van der Waals surface area contributed by atoms with Crippen LogP contribution in [0.4, 0.5) is 27.1 Å². The number of hydrogen-bond donors (Lipinski definition) is 1. The number of carbonyl (C=O) groups excluding carboxylic acids is 2. The van der Waals surface area contributed by atoms with Gasteiger partial charge in [-0.25, -0.2) is 18.6 Å². The highest BCUT2D eigenvalue weighted by Gasteiger charge is 2.40. The van der Waals surface area contributed by atoms with E-state index in [2.05, 4.69) is 9.72 Å². The summed E-state index contributed by atoms with van der Waals surface area (Å²) >= 11 is 0.259. The molecule has 0 aliphatic heterocycles. The Morgan fingerprint density at radius 3 is 2.48 bits per heavy atom. The van der Waals surface area contributed by atoms with Crippen LogP contribution in [0.15, 0.2) is 18.2 Å². The van der Waals surface area contributed by atoms with E-state index in [-0.39, 0.29) is 23.5 Å². The summed E-state index contributed by atoms with van der Waals surface area (Å²) in [7, 11) is 0. The fourth-order valence-corrected chi connectivity index (χ4v) is 2.58. The van der Waals surface area contributed by atoms with Crippen LogP contribution >= 0.6 is 11.3 Å². The Morgan fingerprint density at radius 2 is 1.92 bits per heavy atom. The van der Waals surface area contributed by atoms with Crippen molar-refractivity contribution in [1.29, 1.82) is 0 Å². The molecule has 1 aromatic carbocycles. The van der Waals surface area contributed by atoms with Gasteiger partial charge in [-0.05, 0) is 25.1 Å². The molecule has 1 aromatic heterocycles. The predicted molar refractivity (Wildman–Crippen MR) is 77.4 cm³/mol. The van der Waals surface area contributed by atoms with Crippen molar-refractivity contribution in [3.05, 3.63) is 46.0 Å². The molecular formula is C14H9F5N2O3S. The molecule has 5 nitrogen and oxygen atoms in total. The van der Waals surface area contributed by atoms with E-state index in [4.69, 9.17) is 0 Å². The maximum atomic E-state index is 13.1. The summed E-state index contributed by atoms with van der Waals surface area (Å²) in [6, 6.07) is 2.21. The van der Waals surface area contributed by atoms with Gasteiger partial charge in [0.2, 0.25) is 0 Å². The van der Waals surface area contributed by atoms with Crippen LogP contribution in [-0.2, 0) is 10.9 Å². The van der Waals surface area contributed by atoms with Crippen molar-refractivity contribution in [3.63, 3.8) is 0 Å². The highest BCUT2D eigenvalue weighted by molar-refractivity contribution is 7.17. The quantitative estimate of drug-likeness (QED) is 0.646. The van der Waals surface area contributed by atoms with Crippen LogP contribution in [0.5, 0.6) is 0 Å². The summed E-state index contributed by atoms with van der Waals surface area (Å²) in [4.78, 5) is 25.9. The van der Waals surface area contributed by atoms with Crippen LogP contribution in [0.1, 0.15) is 32.6 Å². The summed E-state index contributed by atoms with van der Waals surface area (Å²) in [6.45, 7) is 1.27. The zero-order chi connectivity index (χ0) is 18.8. The average molecular weight is 380 g/mol. The number of aromatic nitrogens is 1. The SMILES string of the molecule is CCOC(=O)c1sc(NC(=O)c2ccc(F)c(F)c2)nc1C(F)(F)F. The number of rotatable bonds is 4. The lowest BCUT2D eigenvalue weighted by Gasteiger charge is -2.05. The maximum absolute atomic E-state index is 13.1. The van der Waals surface area contributed by atoms with E-state index in [1.54, 1.807) is 0 Å². The molecule has 1 amide bonds. The van der Waals surface area contributed by atoms with Crippen LogP contribution in [0.3, 0.4) is 0 Å². The van der Waals surface area contributed by atoms with Gasteiger partial charge in [-0.2, -0.15) is 13.2 Å². The molecule has 134 valence electrons. The third-order valence-corrected chi connectivity index (χ3v) is 3.71. The number of nitrogens with zero attached hydrogens (tertiary/aromatic N) is 1. The Balaban J connectivity index is 2.31. The molecule has 11 heteroatoms. The first kappa shape index (κ1) is 18.8. The molecule has 0 aliphatic carbocycles. The lowest BCUT2D eigenvalue weighted by molar-refractivity contribution is -0.141. The molecule has 1 N–H and O–H groups in total. The molecule has 0 bridgehead atoms. The zero-order valence-corrected chi connectivity index (χ0v) is 13.2. The number of alkyl halides is 3. The number of anilines is 1. The second-order valence-corrected chi connectivity index (χ2v) is 5.50. The molecule has 25 heavy (non-hydrogen) atoms. The third-order valence-electron chi connectivity index (χ3n) is 2.76. The van der Waals surface area contributed by atoms with Gasteiger partial charge < -0.3 is 4.74 Å². The molecule has 0 saturated carbocycles. The van der Waals surface area contributed by atoms with Gasteiger partial charge >= 0.3 is 12.1 Å². The minimum atomic E-state index is -4.94. The van der Waals surface area contributed by atoms with Crippen molar-refractivity contribution in [2.45, 2.75) is 13.1 Å². The Hall–Kier alpha value is -2.56. The predicted octanol–water partition coefficient (Wildman–Crippen LogP) is 3.87. The number of nitrogens with one attached hydrogen (secondary N) is 1. The number of ether oxygens (including phenoxy) is 1. The normalized spacial score (nSPS) is 11.3. The van der Waals surface area contributed by atoms with Crippen molar-refractivity contribution in [3.8, 4) is 0 Å². The molecule has 2 rings (SSSR count). The van der Waals surface area contributed by atoms with Crippen LogP contribution in [0.25, 0.3) is 0 Å². The minimum absolute atomic E-state index is 0.148. The van der Waals surface area contributed by atoms with E-state index in [0.717, 1.165) is 6.07 Å². The van der Waals surface area contributed by atoms with Crippen molar-refractivity contribution < 1.29 is 36.3 Å². The summed E-state index contributed by atoms with van der Waals surface area (Å²) in [5, 5.41) is 1.47. The standard InChI is InChI=1S/C14H9F5N2O3S/c1-2-24-12(23)9-10(14(17,18)19)20-13(25-9)21-11(22)6-3-4-7(15)8(16)5-6/h3-5H,2H2,1H3,(H,20,21,22). The summed E-state index contributed by atoms with van der Waals surface area (Å²) < 4.78 is 69.3. The molecular weight excluding hydrogens is 371 g/mol. The lowest BCUT2D eigenvalue weighted by Crippen LogP contribution is -2.14. The first-order chi connectivity index (χ1) is 11.6. The van der Waals surface area contributed by atoms with Gasteiger partial charge in [-0.1, -0.05) is 11.3 Å². The highest BCUT2D eigenvalue weighted by atomic mass is 32.1. The van der Waals surface area contributed by atoms with Crippen molar-refractivity contribution >= 4 is 28.3 Å². The Bertz CT molecular complexity index is 819. The fraction of sp³-hybridized carbons (Fsp3) is 0.214. The molecule has 2 aromatic rings. The number of hydrogen-bond acceptors (Lipinski definition) is 5. The first-order valence-electron chi connectivity index (χ1n) is 6.65. The van der Waals surface area contributed by atoms with Gasteiger partial charge in [0.1, 0.15) is 4.88 Å². The summed E-state index contributed by atoms with van der Waals surface area (Å²) in [5.41, 5.74) is -1.84. The average Bonchev–Trinajstić information content (AvgIpc) is 2.94. The summed E-state index contributed by atoms with van der Waals surface area (Å²) in [6.07, 6.45) is -4.94. The number of benzene rings is 1. The number of thiazole rings is 1. The van der Waals surface area contributed by atoms with Gasteiger partial charge in [-0.15, -0.1) is 0 Å².